The van der Waals surface area contributed by atoms with Crippen LogP contribution < -0.4 is 4.90 Å². The molecular weight excluding hydrogens is 428 g/mol. The second-order valence-corrected chi connectivity index (χ2v) is 10.3. The minimum Gasteiger partial charge on any atom is -0.462 e. The van der Waals surface area contributed by atoms with Gasteiger partial charge in [-0.15, -0.1) is 0 Å². The van der Waals surface area contributed by atoms with Crippen molar-refractivity contribution in [2.45, 2.75) is 44.0 Å². The van der Waals surface area contributed by atoms with Crippen molar-refractivity contribution in [1.82, 2.24) is 4.31 Å². The van der Waals surface area contributed by atoms with Gasteiger partial charge in [0, 0.05) is 30.7 Å². The summed E-state index contributed by atoms with van der Waals surface area (Å²) in [6, 6.07) is 13.9. The summed E-state index contributed by atoms with van der Waals surface area (Å²) in [6.07, 6.45) is 1.83. The SMILES string of the molecule is CCOC(=O)c1ccc(S(=O)(=O)N2CCC(C(=O)N3c4ccccc4CC3C)CC2)cc1. The van der Waals surface area contributed by atoms with E-state index in [1.165, 1.54) is 34.1 Å². The van der Waals surface area contributed by atoms with Crippen molar-refractivity contribution in [1.29, 1.82) is 0 Å². The standard InChI is InChI=1S/C24H28N2O5S/c1-3-31-24(28)19-8-10-21(11-9-19)32(29,30)25-14-12-18(13-15-25)23(27)26-17(2)16-20-6-4-5-7-22(20)26/h4-11,17-18H,3,12-16H2,1-2H3. The lowest BCUT2D eigenvalue weighted by Gasteiger charge is -2.34. The fraction of sp³-hybridized carbons (Fsp3) is 0.417. The Balaban J connectivity index is 1.42. The van der Waals surface area contributed by atoms with Gasteiger partial charge in [0.1, 0.15) is 0 Å². The third kappa shape index (κ3) is 4.17. The Bertz CT molecular complexity index is 1110. The summed E-state index contributed by atoms with van der Waals surface area (Å²) in [7, 11) is -3.69. The number of carbonyl (C=O) groups is 2. The number of piperidine rings is 1. The van der Waals surface area contributed by atoms with Crippen LogP contribution in [-0.2, 0) is 26.0 Å². The maximum atomic E-state index is 13.3. The first-order valence-electron chi connectivity index (χ1n) is 11.0. The fourth-order valence-electron chi connectivity index (χ4n) is 4.57. The molecule has 1 unspecified atom stereocenters. The third-order valence-corrected chi connectivity index (χ3v) is 8.16. The van der Waals surface area contributed by atoms with Crippen LogP contribution in [0.5, 0.6) is 0 Å². The lowest BCUT2D eigenvalue weighted by Crippen LogP contribution is -2.46. The summed E-state index contributed by atoms with van der Waals surface area (Å²) in [6.45, 7) is 4.62. The van der Waals surface area contributed by atoms with Crippen LogP contribution in [0.4, 0.5) is 5.69 Å². The topological polar surface area (TPSA) is 84.0 Å². The van der Waals surface area contributed by atoms with Crippen LogP contribution >= 0.6 is 0 Å². The van der Waals surface area contributed by atoms with E-state index in [9.17, 15) is 18.0 Å². The van der Waals surface area contributed by atoms with Crippen molar-refractivity contribution < 1.29 is 22.7 Å². The Hall–Kier alpha value is -2.71. The van der Waals surface area contributed by atoms with Crippen molar-refractivity contribution >= 4 is 27.6 Å². The number of amides is 1. The van der Waals surface area contributed by atoms with E-state index < -0.39 is 16.0 Å². The van der Waals surface area contributed by atoms with E-state index >= 15 is 0 Å². The Labute approximate surface area is 189 Å². The number of para-hydroxylation sites is 1. The molecular formula is C24H28N2O5S. The predicted octanol–water partition coefficient (Wildman–Crippen LogP) is 3.24. The number of rotatable bonds is 5. The van der Waals surface area contributed by atoms with Gasteiger partial charge < -0.3 is 9.64 Å². The molecule has 0 saturated carbocycles. The van der Waals surface area contributed by atoms with Gasteiger partial charge in [0.2, 0.25) is 15.9 Å². The van der Waals surface area contributed by atoms with Gasteiger partial charge in [-0.05, 0) is 69.0 Å². The summed E-state index contributed by atoms with van der Waals surface area (Å²) in [5.41, 5.74) is 2.47. The lowest BCUT2D eigenvalue weighted by molar-refractivity contribution is -0.123. The summed E-state index contributed by atoms with van der Waals surface area (Å²) in [5, 5.41) is 0. The molecule has 1 fully saturated rings. The number of hydrogen-bond donors (Lipinski definition) is 0. The summed E-state index contributed by atoms with van der Waals surface area (Å²) < 4.78 is 32.5. The van der Waals surface area contributed by atoms with Gasteiger partial charge in [0.25, 0.3) is 0 Å². The Kier molecular flexibility index (Phi) is 6.35. The highest BCUT2D eigenvalue weighted by atomic mass is 32.2. The average Bonchev–Trinajstić information content (AvgIpc) is 3.14. The number of anilines is 1. The molecule has 1 amide bonds. The molecule has 0 bridgehead atoms. The molecule has 7 nitrogen and oxygen atoms in total. The molecule has 2 aromatic carbocycles. The largest absolute Gasteiger partial charge is 0.462 e. The van der Waals surface area contributed by atoms with Crippen molar-refractivity contribution in [2.75, 3.05) is 24.6 Å². The maximum absolute atomic E-state index is 13.3. The molecule has 0 aliphatic carbocycles. The van der Waals surface area contributed by atoms with Gasteiger partial charge in [0.05, 0.1) is 17.1 Å². The van der Waals surface area contributed by atoms with E-state index in [1.807, 2.05) is 23.1 Å². The Morgan fingerprint density at radius 2 is 1.69 bits per heavy atom. The number of esters is 1. The molecule has 1 atom stereocenters. The van der Waals surface area contributed by atoms with Gasteiger partial charge in [0.15, 0.2) is 0 Å². The highest BCUT2D eigenvalue weighted by molar-refractivity contribution is 7.89. The first kappa shape index (κ1) is 22.5. The molecule has 2 aromatic rings. The minimum absolute atomic E-state index is 0.0817. The van der Waals surface area contributed by atoms with Gasteiger partial charge in [-0.25, -0.2) is 13.2 Å². The van der Waals surface area contributed by atoms with Crippen LogP contribution in [0, 0.1) is 5.92 Å². The van der Waals surface area contributed by atoms with E-state index in [2.05, 4.69) is 13.0 Å². The number of sulfonamides is 1. The van der Waals surface area contributed by atoms with Crippen LogP contribution in [0.15, 0.2) is 53.4 Å². The molecule has 2 aliphatic rings. The number of nitrogens with zero attached hydrogens (tertiary/aromatic N) is 2. The van der Waals surface area contributed by atoms with E-state index in [4.69, 9.17) is 4.74 Å². The fourth-order valence-corrected chi connectivity index (χ4v) is 6.04. The zero-order valence-corrected chi connectivity index (χ0v) is 19.2. The quantitative estimate of drug-likeness (QED) is 0.645. The molecule has 170 valence electrons. The summed E-state index contributed by atoms with van der Waals surface area (Å²) in [5.74, 6) is -0.590. The molecule has 0 N–H and O–H groups in total. The highest BCUT2D eigenvalue weighted by Gasteiger charge is 2.38. The predicted molar refractivity (Wildman–Crippen MR) is 121 cm³/mol. The van der Waals surface area contributed by atoms with Gasteiger partial charge in [-0.3, -0.25) is 4.79 Å². The zero-order chi connectivity index (χ0) is 22.9. The van der Waals surface area contributed by atoms with E-state index in [0.29, 0.717) is 31.5 Å². The molecule has 0 radical (unpaired) electrons. The first-order chi connectivity index (χ1) is 15.3. The minimum atomic E-state index is -3.69. The van der Waals surface area contributed by atoms with Crippen molar-refractivity contribution in [3.63, 3.8) is 0 Å². The second kappa shape index (κ2) is 9.03. The number of ether oxygens (including phenoxy) is 1. The Morgan fingerprint density at radius 1 is 1.03 bits per heavy atom. The normalized spacial score (nSPS) is 19.6. The molecule has 2 heterocycles. The number of carbonyl (C=O) groups excluding carboxylic acids is 2. The number of benzene rings is 2. The maximum Gasteiger partial charge on any atom is 0.338 e. The molecule has 8 heteroatoms. The van der Waals surface area contributed by atoms with Crippen LogP contribution in [-0.4, -0.2) is 50.3 Å². The van der Waals surface area contributed by atoms with Crippen molar-refractivity contribution in [3.05, 3.63) is 59.7 Å². The van der Waals surface area contributed by atoms with Gasteiger partial charge >= 0.3 is 5.97 Å². The summed E-state index contributed by atoms with van der Waals surface area (Å²) in [4.78, 5) is 27.1. The lowest BCUT2D eigenvalue weighted by atomic mass is 9.96. The van der Waals surface area contributed by atoms with E-state index in [0.717, 1.165) is 12.1 Å². The summed E-state index contributed by atoms with van der Waals surface area (Å²) >= 11 is 0. The Morgan fingerprint density at radius 3 is 2.34 bits per heavy atom. The molecule has 0 spiro atoms. The highest BCUT2D eigenvalue weighted by Crippen LogP contribution is 2.35. The zero-order valence-electron chi connectivity index (χ0n) is 18.4. The average molecular weight is 457 g/mol. The molecule has 32 heavy (non-hydrogen) atoms. The monoisotopic (exact) mass is 456 g/mol. The third-order valence-electron chi connectivity index (χ3n) is 6.25. The smallest absolute Gasteiger partial charge is 0.338 e. The van der Waals surface area contributed by atoms with Crippen LogP contribution in [0.1, 0.15) is 42.6 Å². The second-order valence-electron chi connectivity index (χ2n) is 8.31. The number of fused-ring (bicyclic) bond motifs is 1. The van der Waals surface area contributed by atoms with Gasteiger partial charge in [-0.2, -0.15) is 4.31 Å². The van der Waals surface area contributed by atoms with Gasteiger partial charge in [-0.1, -0.05) is 18.2 Å². The van der Waals surface area contributed by atoms with E-state index in [-0.39, 0.29) is 29.4 Å². The molecule has 0 aromatic heterocycles. The molecule has 1 saturated heterocycles. The van der Waals surface area contributed by atoms with Crippen molar-refractivity contribution in [3.8, 4) is 0 Å². The van der Waals surface area contributed by atoms with Crippen molar-refractivity contribution in [2.24, 2.45) is 5.92 Å². The first-order valence-corrected chi connectivity index (χ1v) is 12.4. The van der Waals surface area contributed by atoms with Crippen LogP contribution in [0.2, 0.25) is 0 Å². The van der Waals surface area contributed by atoms with Crippen LogP contribution in [0.3, 0.4) is 0 Å². The molecule has 4 rings (SSSR count). The van der Waals surface area contributed by atoms with Crippen LogP contribution in [0.25, 0.3) is 0 Å². The molecule has 2 aliphatic heterocycles. The number of hydrogen-bond acceptors (Lipinski definition) is 5. The van der Waals surface area contributed by atoms with E-state index in [1.54, 1.807) is 6.92 Å².